The third kappa shape index (κ3) is 9.58. The summed E-state index contributed by atoms with van der Waals surface area (Å²) in [7, 11) is -4.80. The van der Waals surface area contributed by atoms with Crippen molar-refractivity contribution in [3.8, 4) is 46.2 Å². The van der Waals surface area contributed by atoms with Gasteiger partial charge in [-0.2, -0.15) is 0 Å². The van der Waals surface area contributed by atoms with Gasteiger partial charge >= 0.3 is 0 Å². The molecule has 0 amide bonds. The zero-order valence-corrected chi connectivity index (χ0v) is 26.4. The van der Waals surface area contributed by atoms with Gasteiger partial charge in [-0.25, -0.2) is 0 Å². The van der Waals surface area contributed by atoms with Crippen molar-refractivity contribution in [1.82, 2.24) is 0 Å². The second-order valence-electron chi connectivity index (χ2n) is 11.0. The highest BCUT2D eigenvalue weighted by Gasteiger charge is 2.30. The third-order valence-electron chi connectivity index (χ3n) is 7.78. The Bertz CT molecular complexity index is 792. The molecule has 0 aromatic heterocycles. The molecule has 0 atom stereocenters. The number of hydrogen-bond acceptors (Lipinski definition) is 0. The van der Waals surface area contributed by atoms with E-state index >= 15 is 0 Å². The smallest absolute Gasteiger partial charge is 0.128 e. The molecule has 1 aliphatic carbocycles. The monoisotopic (exact) mass is 494 g/mol. The highest BCUT2D eigenvalue weighted by atomic mass is 28.3. The van der Waals surface area contributed by atoms with E-state index in [4.69, 9.17) is 0 Å². The molecule has 0 N–H and O–H groups in total. The molecule has 0 radical (unpaired) electrons. The minimum absolute atomic E-state index is 0.492. The molecule has 0 saturated heterocycles. The lowest BCUT2D eigenvalue weighted by Gasteiger charge is -2.23. The second kappa shape index (κ2) is 13.7. The molecule has 182 valence electrons. The van der Waals surface area contributed by atoms with Crippen molar-refractivity contribution < 1.29 is 0 Å². The van der Waals surface area contributed by atoms with E-state index in [1.165, 1.54) is 68.4 Å². The van der Waals surface area contributed by atoms with Gasteiger partial charge in [0.15, 0.2) is 0 Å². The van der Waals surface area contributed by atoms with Gasteiger partial charge < -0.3 is 0 Å². The standard InChI is InChI=1S/C30H50Si3/c1-10-32(11-2,12-3)27-24-30(23-26-31(7,8)9,22-21-29-19-17-16-18-20-29)25-28-33(13-4,14-5)15-6/h29H,10-20H2,1-9H3. The molecule has 0 bridgehead atoms. The molecule has 0 aromatic carbocycles. The first kappa shape index (κ1) is 29.9. The predicted molar refractivity (Wildman–Crippen MR) is 158 cm³/mol. The van der Waals surface area contributed by atoms with Crippen LogP contribution in [-0.4, -0.2) is 24.2 Å². The Morgan fingerprint density at radius 2 is 0.970 bits per heavy atom. The molecule has 1 aliphatic rings. The molecule has 1 fully saturated rings. The Labute approximate surface area is 210 Å². The Balaban J connectivity index is 3.80. The minimum atomic E-state index is -1.61. The van der Waals surface area contributed by atoms with Crippen LogP contribution < -0.4 is 0 Å². The Hall–Kier alpha value is -1.11. The fourth-order valence-corrected chi connectivity index (χ4v) is 9.94. The predicted octanol–water partition coefficient (Wildman–Crippen LogP) is 8.54. The molecule has 0 aromatic rings. The van der Waals surface area contributed by atoms with Crippen LogP contribution in [0.5, 0.6) is 0 Å². The summed E-state index contributed by atoms with van der Waals surface area (Å²) in [5.41, 5.74) is 10.6. The lowest BCUT2D eigenvalue weighted by atomic mass is 9.87. The molecule has 0 aliphatic heterocycles. The maximum Gasteiger partial charge on any atom is 0.210 e. The van der Waals surface area contributed by atoms with E-state index in [1.807, 2.05) is 0 Å². The van der Waals surface area contributed by atoms with Crippen LogP contribution in [0, 0.1) is 57.6 Å². The van der Waals surface area contributed by atoms with Gasteiger partial charge in [-0.05, 0) is 49.1 Å². The highest BCUT2D eigenvalue weighted by molar-refractivity contribution is 6.87. The van der Waals surface area contributed by atoms with Crippen molar-refractivity contribution in [1.29, 1.82) is 0 Å². The lowest BCUT2D eigenvalue weighted by molar-refractivity contribution is 0.430. The minimum Gasteiger partial charge on any atom is -0.128 e. The van der Waals surface area contributed by atoms with Gasteiger partial charge in [0.2, 0.25) is 5.41 Å². The molecule has 1 saturated carbocycles. The highest BCUT2D eigenvalue weighted by Crippen LogP contribution is 2.26. The summed E-state index contributed by atoms with van der Waals surface area (Å²) in [4.78, 5) is 0. The molecule has 33 heavy (non-hydrogen) atoms. The Morgan fingerprint density at radius 3 is 1.33 bits per heavy atom. The number of hydrogen-bond donors (Lipinski definition) is 0. The molecular formula is C30H50Si3. The summed E-state index contributed by atoms with van der Waals surface area (Å²) in [5, 5.41) is 0. The average Bonchev–Trinajstić information content (AvgIpc) is 2.83. The van der Waals surface area contributed by atoms with Crippen molar-refractivity contribution in [2.45, 2.75) is 130 Å². The van der Waals surface area contributed by atoms with Crippen molar-refractivity contribution in [3.05, 3.63) is 0 Å². The average molecular weight is 495 g/mol. The molecular weight excluding hydrogens is 445 g/mol. The van der Waals surface area contributed by atoms with E-state index in [2.05, 4.69) is 107 Å². The summed E-state index contributed by atoms with van der Waals surface area (Å²) in [5.74, 6) is 18.9. The van der Waals surface area contributed by atoms with Crippen LogP contribution in [0.2, 0.25) is 55.9 Å². The fourth-order valence-electron chi connectivity index (χ4n) is 4.41. The van der Waals surface area contributed by atoms with E-state index in [1.54, 1.807) is 0 Å². The normalized spacial score (nSPS) is 15.1. The van der Waals surface area contributed by atoms with Crippen LogP contribution in [0.25, 0.3) is 0 Å². The van der Waals surface area contributed by atoms with Gasteiger partial charge in [0, 0.05) is 5.92 Å². The fraction of sp³-hybridized carbons (Fsp3) is 0.733. The summed E-state index contributed by atoms with van der Waals surface area (Å²) < 4.78 is 0. The van der Waals surface area contributed by atoms with Gasteiger partial charge in [0.25, 0.3) is 0 Å². The molecule has 0 spiro atoms. The topological polar surface area (TPSA) is 0 Å². The summed E-state index contributed by atoms with van der Waals surface area (Å²) in [6, 6.07) is 7.20. The Kier molecular flexibility index (Phi) is 12.4. The third-order valence-corrected chi connectivity index (χ3v) is 18.1. The molecule has 0 heterocycles. The summed E-state index contributed by atoms with van der Waals surface area (Å²) in [6.45, 7) is 20.9. The first-order chi connectivity index (χ1) is 15.6. The molecule has 3 heteroatoms. The van der Waals surface area contributed by atoms with Crippen molar-refractivity contribution >= 4 is 24.2 Å². The first-order valence-electron chi connectivity index (χ1n) is 13.7. The van der Waals surface area contributed by atoms with Crippen LogP contribution in [0.4, 0.5) is 0 Å². The number of rotatable bonds is 6. The maximum absolute atomic E-state index is 3.85. The van der Waals surface area contributed by atoms with E-state index < -0.39 is 29.6 Å². The molecule has 0 nitrogen and oxygen atoms in total. The second-order valence-corrected chi connectivity index (χ2v) is 25.7. The van der Waals surface area contributed by atoms with E-state index in [0.717, 1.165) is 0 Å². The SMILES string of the molecule is CC[Si](C#CC(C#CC1CCCCC1)(C#C[Si](C)(C)C)C#C[Si](CC)(CC)CC)(CC)CC. The zero-order valence-electron chi connectivity index (χ0n) is 23.4. The van der Waals surface area contributed by atoms with Crippen LogP contribution in [-0.2, 0) is 0 Å². The van der Waals surface area contributed by atoms with Gasteiger partial charge in [0.1, 0.15) is 24.2 Å². The van der Waals surface area contributed by atoms with Crippen LogP contribution in [0.3, 0.4) is 0 Å². The molecule has 1 rings (SSSR count). The van der Waals surface area contributed by atoms with E-state index in [9.17, 15) is 0 Å². The van der Waals surface area contributed by atoms with Crippen LogP contribution >= 0.6 is 0 Å². The zero-order chi connectivity index (χ0) is 25.0. The van der Waals surface area contributed by atoms with Crippen LogP contribution in [0.15, 0.2) is 0 Å². The Morgan fingerprint density at radius 1 is 0.576 bits per heavy atom. The van der Waals surface area contributed by atoms with Gasteiger partial charge in [0.05, 0.1) is 0 Å². The quantitative estimate of drug-likeness (QED) is 0.256. The maximum atomic E-state index is 3.85. The van der Waals surface area contributed by atoms with Crippen molar-refractivity contribution in [2.75, 3.05) is 0 Å². The molecule has 0 unspecified atom stereocenters. The van der Waals surface area contributed by atoms with Gasteiger partial charge in [-0.1, -0.05) is 110 Å². The van der Waals surface area contributed by atoms with E-state index in [-0.39, 0.29) is 0 Å². The van der Waals surface area contributed by atoms with Gasteiger partial charge in [-0.15, -0.1) is 16.6 Å². The largest absolute Gasteiger partial charge is 0.210 e. The van der Waals surface area contributed by atoms with Gasteiger partial charge in [-0.3, -0.25) is 0 Å². The van der Waals surface area contributed by atoms with Crippen molar-refractivity contribution in [3.63, 3.8) is 0 Å². The van der Waals surface area contributed by atoms with Crippen LogP contribution in [0.1, 0.15) is 73.6 Å². The lowest BCUT2D eigenvalue weighted by Crippen LogP contribution is -2.31. The van der Waals surface area contributed by atoms with Crippen molar-refractivity contribution in [2.24, 2.45) is 11.3 Å². The summed E-state index contributed by atoms with van der Waals surface area (Å²) in [6.07, 6.45) is 6.41. The summed E-state index contributed by atoms with van der Waals surface area (Å²) >= 11 is 0. The first-order valence-corrected chi connectivity index (χ1v) is 22.5. The van der Waals surface area contributed by atoms with E-state index in [0.29, 0.717) is 5.92 Å².